The molecule has 0 saturated carbocycles. The summed E-state index contributed by atoms with van der Waals surface area (Å²) in [5, 5.41) is 3.19. The summed E-state index contributed by atoms with van der Waals surface area (Å²) < 4.78 is 4.82. The van der Waals surface area contributed by atoms with Crippen LogP contribution in [-0.4, -0.2) is 33.0 Å². The summed E-state index contributed by atoms with van der Waals surface area (Å²) in [6, 6.07) is 0. The van der Waals surface area contributed by atoms with E-state index in [4.69, 9.17) is 4.74 Å². The maximum atomic E-state index is 4.82. The van der Waals surface area contributed by atoms with Gasteiger partial charge in [0.25, 0.3) is 0 Å². The Hall–Kier alpha value is 0.350. The molecule has 1 N–H and O–H groups in total. The molecule has 0 aliphatic heterocycles. The number of methoxy groups -OCH3 is 1. The Kier molecular flexibility index (Phi) is 7.67. The molecule has 1 atom stereocenters. The van der Waals surface area contributed by atoms with Crippen molar-refractivity contribution in [1.29, 1.82) is 0 Å². The Morgan fingerprint density at radius 2 is 2.25 bits per heavy atom. The summed E-state index contributed by atoms with van der Waals surface area (Å²) in [4.78, 5) is 0. The van der Waals surface area contributed by atoms with Crippen molar-refractivity contribution in [3.05, 3.63) is 0 Å². The highest BCUT2D eigenvalue weighted by atomic mass is 31.0. The summed E-state index contributed by atoms with van der Waals surface area (Å²) in [6.45, 7) is 2.84. The lowest BCUT2D eigenvalue weighted by atomic mass is 10.6. The van der Waals surface area contributed by atoms with Crippen LogP contribution in [0.25, 0.3) is 0 Å². The standard InChI is InChI=1S/C5H14NOP/c1-7-4-2-6-3-5-8/h6H,2-5,8H2,1H3. The Morgan fingerprint density at radius 3 is 2.75 bits per heavy atom. The first-order valence-electron chi connectivity index (χ1n) is 2.81. The molecule has 1 unspecified atom stereocenters. The molecule has 0 bridgehead atoms. The van der Waals surface area contributed by atoms with Crippen molar-refractivity contribution >= 4 is 9.24 Å². The summed E-state index contributed by atoms with van der Waals surface area (Å²) in [5.74, 6) is 0. The Labute approximate surface area is 53.2 Å². The molecule has 0 aliphatic carbocycles. The van der Waals surface area contributed by atoms with Gasteiger partial charge in [-0.05, 0) is 12.7 Å². The third-order valence-corrected chi connectivity index (χ3v) is 1.09. The maximum absolute atomic E-state index is 4.82. The topological polar surface area (TPSA) is 21.3 Å². The predicted octanol–water partition coefficient (Wildman–Crippen LogP) is 0.0975. The van der Waals surface area contributed by atoms with Crippen molar-refractivity contribution in [3.8, 4) is 0 Å². The first-order valence-corrected chi connectivity index (χ1v) is 3.63. The lowest BCUT2D eigenvalue weighted by Crippen LogP contribution is -2.20. The SMILES string of the molecule is COCCNCCP. The fraction of sp³-hybridized carbons (Fsp3) is 1.00. The number of hydrogen-bond acceptors (Lipinski definition) is 2. The van der Waals surface area contributed by atoms with Gasteiger partial charge >= 0.3 is 0 Å². The molecular weight excluding hydrogens is 121 g/mol. The van der Waals surface area contributed by atoms with E-state index in [1.165, 1.54) is 0 Å². The molecule has 0 fully saturated rings. The predicted molar refractivity (Wildman–Crippen MR) is 39.3 cm³/mol. The number of rotatable bonds is 5. The number of hydrogen-bond donors (Lipinski definition) is 1. The normalized spacial score (nSPS) is 9.75. The second-order valence-corrected chi connectivity index (χ2v) is 2.11. The van der Waals surface area contributed by atoms with Crippen molar-refractivity contribution in [2.45, 2.75) is 0 Å². The zero-order valence-corrected chi connectivity index (χ0v) is 6.47. The van der Waals surface area contributed by atoms with Gasteiger partial charge in [0.1, 0.15) is 0 Å². The molecule has 0 saturated heterocycles. The second-order valence-electron chi connectivity index (χ2n) is 1.53. The van der Waals surface area contributed by atoms with Crippen LogP contribution in [0.1, 0.15) is 0 Å². The highest BCUT2D eigenvalue weighted by Gasteiger charge is 1.80. The van der Waals surface area contributed by atoms with E-state index >= 15 is 0 Å². The van der Waals surface area contributed by atoms with Crippen LogP contribution in [0, 0.1) is 0 Å². The van der Waals surface area contributed by atoms with Gasteiger partial charge in [0.15, 0.2) is 0 Å². The third-order valence-electron chi connectivity index (χ3n) is 0.804. The second kappa shape index (κ2) is 7.35. The highest BCUT2D eigenvalue weighted by Crippen LogP contribution is 1.74. The molecule has 0 heterocycles. The molecule has 0 radical (unpaired) electrons. The Balaban J connectivity index is 2.53. The lowest BCUT2D eigenvalue weighted by Gasteiger charge is -1.98. The van der Waals surface area contributed by atoms with Gasteiger partial charge in [0.05, 0.1) is 6.61 Å². The minimum Gasteiger partial charge on any atom is -0.383 e. The van der Waals surface area contributed by atoms with E-state index < -0.39 is 0 Å². The van der Waals surface area contributed by atoms with Crippen LogP contribution in [0.4, 0.5) is 0 Å². The van der Waals surface area contributed by atoms with Gasteiger partial charge in [0, 0.05) is 13.7 Å². The monoisotopic (exact) mass is 135 g/mol. The summed E-state index contributed by atoms with van der Waals surface area (Å²) in [6.07, 6.45) is 1.11. The van der Waals surface area contributed by atoms with Crippen LogP contribution in [0.5, 0.6) is 0 Å². The van der Waals surface area contributed by atoms with Gasteiger partial charge in [0.2, 0.25) is 0 Å². The molecule has 0 aromatic heterocycles. The van der Waals surface area contributed by atoms with E-state index in [-0.39, 0.29) is 0 Å². The fourth-order valence-corrected chi connectivity index (χ4v) is 0.605. The van der Waals surface area contributed by atoms with E-state index in [9.17, 15) is 0 Å². The van der Waals surface area contributed by atoms with Crippen LogP contribution < -0.4 is 5.32 Å². The molecule has 0 aromatic rings. The Bertz CT molecular complexity index is 37.4. The maximum Gasteiger partial charge on any atom is 0.0587 e. The molecule has 2 nitrogen and oxygen atoms in total. The van der Waals surface area contributed by atoms with Gasteiger partial charge < -0.3 is 10.1 Å². The molecule has 0 amide bonds. The highest BCUT2D eigenvalue weighted by molar-refractivity contribution is 7.16. The van der Waals surface area contributed by atoms with Crippen LogP contribution in [0.15, 0.2) is 0 Å². The van der Waals surface area contributed by atoms with Crippen molar-refractivity contribution in [2.24, 2.45) is 0 Å². The smallest absolute Gasteiger partial charge is 0.0587 e. The first kappa shape index (κ1) is 8.35. The molecule has 0 aliphatic rings. The van der Waals surface area contributed by atoms with Gasteiger partial charge in [-0.3, -0.25) is 0 Å². The average molecular weight is 135 g/mol. The minimum atomic E-state index is 0.810. The van der Waals surface area contributed by atoms with E-state index in [1.54, 1.807) is 7.11 Å². The first-order chi connectivity index (χ1) is 3.91. The van der Waals surface area contributed by atoms with Gasteiger partial charge in [-0.15, -0.1) is 9.24 Å². The molecule has 0 spiro atoms. The van der Waals surface area contributed by atoms with E-state index in [0.717, 1.165) is 25.9 Å². The summed E-state index contributed by atoms with van der Waals surface area (Å²) in [7, 11) is 4.37. The zero-order valence-electron chi connectivity index (χ0n) is 5.31. The molecule has 0 aromatic carbocycles. The van der Waals surface area contributed by atoms with Crippen LogP contribution in [-0.2, 0) is 4.74 Å². The number of ether oxygens (including phenoxy) is 1. The van der Waals surface area contributed by atoms with Crippen molar-refractivity contribution in [1.82, 2.24) is 5.32 Å². The lowest BCUT2D eigenvalue weighted by molar-refractivity contribution is 0.200. The Morgan fingerprint density at radius 1 is 1.50 bits per heavy atom. The molecule has 0 rings (SSSR count). The van der Waals surface area contributed by atoms with Crippen molar-refractivity contribution in [2.75, 3.05) is 33.0 Å². The van der Waals surface area contributed by atoms with E-state index in [1.807, 2.05) is 0 Å². The van der Waals surface area contributed by atoms with Crippen molar-refractivity contribution < 1.29 is 4.74 Å². The van der Waals surface area contributed by atoms with Crippen molar-refractivity contribution in [3.63, 3.8) is 0 Å². The number of nitrogens with one attached hydrogen (secondary N) is 1. The molecule has 50 valence electrons. The van der Waals surface area contributed by atoms with Crippen LogP contribution in [0.2, 0.25) is 0 Å². The zero-order chi connectivity index (χ0) is 6.24. The molecular formula is C5H14NOP. The molecule has 8 heavy (non-hydrogen) atoms. The van der Waals surface area contributed by atoms with Gasteiger partial charge in [-0.1, -0.05) is 0 Å². The fourth-order valence-electron chi connectivity index (χ4n) is 0.401. The summed E-state index contributed by atoms with van der Waals surface area (Å²) in [5.41, 5.74) is 0. The van der Waals surface area contributed by atoms with Gasteiger partial charge in [-0.25, -0.2) is 0 Å². The quantitative estimate of drug-likeness (QED) is 0.426. The largest absolute Gasteiger partial charge is 0.383 e. The van der Waals surface area contributed by atoms with E-state index in [0.29, 0.717) is 0 Å². The van der Waals surface area contributed by atoms with Crippen LogP contribution in [0.3, 0.4) is 0 Å². The molecule has 3 heteroatoms. The van der Waals surface area contributed by atoms with Gasteiger partial charge in [-0.2, -0.15) is 0 Å². The minimum absolute atomic E-state index is 0.810. The average Bonchev–Trinajstić information content (AvgIpc) is 1.81. The third kappa shape index (κ3) is 6.35. The van der Waals surface area contributed by atoms with E-state index in [2.05, 4.69) is 14.6 Å². The van der Waals surface area contributed by atoms with Crippen LogP contribution >= 0.6 is 9.24 Å². The summed E-state index contributed by atoms with van der Waals surface area (Å²) >= 11 is 0.